The van der Waals surface area contributed by atoms with Crippen LogP contribution in [0.15, 0.2) is 6.20 Å². The van der Waals surface area contributed by atoms with Crippen LogP contribution in [0.4, 0.5) is 10.6 Å². The van der Waals surface area contributed by atoms with E-state index in [4.69, 9.17) is 4.74 Å². The molecule has 2 rings (SSSR count). The van der Waals surface area contributed by atoms with Gasteiger partial charge in [-0.2, -0.15) is 0 Å². The number of rotatable bonds is 2. The molecule has 9 nitrogen and oxygen atoms in total. The number of carbonyl (C=O) groups excluding carboxylic acids is 1. The van der Waals surface area contributed by atoms with Crippen LogP contribution in [0.3, 0.4) is 0 Å². The number of carbonyl (C=O) groups is 1. The van der Waals surface area contributed by atoms with Crippen molar-refractivity contribution in [2.24, 2.45) is 0 Å². The Balaban J connectivity index is 2.09. The van der Waals surface area contributed by atoms with Gasteiger partial charge in [-0.15, -0.1) is 5.10 Å². The molecule has 1 aromatic rings. The summed E-state index contributed by atoms with van der Waals surface area (Å²) in [5.74, 6) is -0.154. The van der Waals surface area contributed by atoms with E-state index in [2.05, 4.69) is 15.5 Å². The molecule has 2 N–H and O–H groups in total. The average molecular weight is 297 g/mol. The summed E-state index contributed by atoms with van der Waals surface area (Å²) in [7, 11) is 0. The molecule has 0 radical (unpaired) electrons. The van der Waals surface area contributed by atoms with Gasteiger partial charge in [0, 0.05) is 19.6 Å². The van der Waals surface area contributed by atoms with Gasteiger partial charge in [-0.3, -0.25) is 0 Å². The molecule has 21 heavy (non-hydrogen) atoms. The first kappa shape index (κ1) is 15.2. The lowest BCUT2D eigenvalue weighted by Crippen LogP contribution is -2.49. The Hall–Kier alpha value is -2.16. The quantitative estimate of drug-likeness (QED) is 0.626. The molecule has 1 fully saturated rings. The minimum absolute atomic E-state index is 0.154. The highest BCUT2D eigenvalue weighted by Gasteiger charge is 2.32. The first-order valence-corrected chi connectivity index (χ1v) is 6.67. The summed E-state index contributed by atoms with van der Waals surface area (Å²) in [5, 5.41) is 20.1. The fourth-order valence-electron chi connectivity index (χ4n) is 2.14. The van der Waals surface area contributed by atoms with Gasteiger partial charge >= 0.3 is 11.9 Å². The van der Waals surface area contributed by atoms with Crippen LogP contribution in [0.25, 0.3) is 0 Å². The third kappa shape index (κ3) is 3.69. The fourth-order valence-corrected chi connectivity index (χ4v) is 2.14. The van der Waals surface area contributed by atoms with Crippen molar-refractivity contribution in [1.29, 1.82) is 0 Å². The zero-order valence-electron chi connectivity index (χ0n) is 12.3. The SMILES string of the molecule is CC(C)(C)OC(=O)N1CCNC(c2cn[nH]c2[N+](=O)[O-])C1. The van der Waals surface area contributed by atoms with E-state index in [1.165, 1.54) is 6.20 Å². The van der Waals surface area contributed by atoms with Crippen molar-refractivity contribution in [3.63, 3.8) is 0 Å². The number of aromatic amines is 1. The van der Waals surface area contributed by atoms with E-state index in [9.17, 15) is 14.9 Å². The fraction of sp³-hybridized carbons (Fsp3) is 0.667. The number of aromatic nitrogens is 2. The minimum Gasteiger partial charge on any atom is -0.444 e. The van der Waals surface area contributed by atoms with Crippen molar-refractivity contribution in [3.8, 4) is 0 Å². The molecule has 116 valence electrons. The van der Waals surface area contributed by atoms with Crippen molar-refractivity contribution in [3.05, 3.63) is 21.9 Å². The van der Waals surface area contributed by atoms with E-state index in [0.29, 0.717) is 25.2 Å². The number of hydrogen-bond acceptors (Lipinski definition) is 6. The van der Waals surface area contributed by atoms with Gasteiger partial charge in [0.15, 0.2) is 0 Å². The van der Waals surface area contributed by atoms with Crippen molar-refractivity contribution >= 4 is 11.9 Å². The number of amides is 1. The summed E-state index contributed by atoms with van der Waals surface area (Å²) in [5.41, 5.74) is -0.132. The normalized spacial score (nSPS) is 19.4. The first-order valence-electron chi connectivity index (χ1n) is 6.67. The number of piperazine rings is 1. The van der Waals surface area contributed by atoms with Crippen LogP contribution in [0.2, 0.25) is 0 Å². The second-order valence-electron chi connectivity index (χ2n) is 5.86. The Labute approximate surface area is 121 Å². The summed E-state index contributed by atoms with van der Waals surface area (Å²) >= 11 is 0. The van der Waals surface area contributed by atoms with Gasteiger partial charge in [-0.1, -0.05) is 5.10 Å². The van der Waals surface area contributed by atoms with Gasteiger partial charge < -0.3 is 25.1 Å². The van der Waals surface area contributed by atoms with E-state index < -0.39 is 16.6 Å². The van der Waals surface area contributed by atoms with Gasteiger partial charge in [0.2, 0.25) is 0 Å². The Bertz CT molecular complexity index is 536. The molecule has 2 heterocycles. The summed E-state index contributed by atoms with van der Waals surface area (Å²) in [6.45, 7) is 6.72. The number of H-pyrrole nitrogens is 1. The standard InChI is InChI=1S/C12H19N5O4/c1-12(2,3)21-11(18)16-5-4-13-9(7-16)8-6-14-15-10(8)17(19)20/h6,9,13H,4-5,7H2,1-3H3,(H,14,15). The Kier molecular flexibility index (Phi) is 4.12. The molecule has 1 aliphatic rings. The molecule has 1 aromatic heterocycles. The van der Waals surface area contributed by atoms with Crippen LogP contribution in [-0.4, -0.2) is 51.3 Å². The lowest BCUT2D eigenvalue weighted by Gasteiger charge is -2.34. The molecule has 9 heteroatoms. The first-order chi connectivity index (χ1) is 9.78. The molecular formula is C12H19N5O4. The number of hydrogen-bond donors (Lipinski definition) is 2. The maximum absolute atomic E-state index is 12.1. The Morgan fingerprint density at radius 2 is 2.29 bits per heavy atom. The molecule has 1 amide bonds. The van der Waals surface area contributed by atoms with Crippen molar-refractivity contribution < 1.29 is 14.5 Å². The predicted octanol–water partition coefficient (Wildman–Crippen LogP) is 1.20. The highest BCUT2D eigenvalue weighted by molar-refractivity contribution is 5.68. The third-order valence-corrected chi connectivity index (χ3v) is 3.03. The lowest BCUT2D eigenvalue weighted by molar-refractivity contribution is -0.390. The minimum atomic E-state index is -0.570. The molecular weight excluding hydrogens is 278 g/mol. The molecule has 1 saturated heterocycles. The van der Waals surface area contributed by atoms with Gasteiger partial charge in [-0.25, -0.2) is 4.79 Å². The highest BCUT2D eigenvalue weighted by Crippen LogP contribution is 2.25. The zero-order chi connectivity index (χ0) is 15.6. The Morgan fingerprint density at radius 3 is 2.90 bits per heavy atom. The van der Waals surface area contributed by atoms with E-state index in [-0.39, 0.29) is 11.9 Å². The molecule has 0 bridgehead atoms. The zero-order valence-corrected chi connectivity index (χ0v) is 12.3. The van der Waals surface area contributed by atoms with E-state index in [0.717, 1.165) is 0 Å². The average Bonchev–Trinajstić information content (AvgIpc) is 2.86. The molecule has 0 aromatic carbocycles. The molecule has 1 unspecified atom stereocenters. The number of ether oxygens (including phenoxy) is 1. The summed E-state index contributed by atoms with van der Waals surface area (Å²) in [6.07, 6.45) is 0.995. The van der Waals surface area contributed by atoms with Crippen molar-refractivity contribution in [1.82, 2.24) is 20.4 Å². The van der Waals surface area contributed by atoms with Crippen LogP contribution >= 0.6 is 0 Å². The number of nitrogens with one attached hydrogen (secondary N) is 2. The van der Waals surface area contributed by atoms with Crippen LogP contribution in [-0.2, 0) is 4.74 Å². The highest BCUT2D eigenvalue weighted by atomic mass is 16.6. The van der Waals surface area contributed by atoms with Gasteiger partial charge in [0.05, 0.1) is 17.8 Å². The molecule has 1 aliphatic heterocycles. The summed E-state index contributed by atoms with van der Waals surface area (Å²) in [6, 6.07) is -0.342. The second-order valence-corrected chi connectivity index (χ2v) is 5.86. The van der Waals surface area contributed by atoms with Gasteiger partial charge in [-0.05, 0) is 25.7 Å². The van der Waals surface area contributed by atoms with Crippen LogP contribution in [0, 0.1) is 10.1 Å². The van der Waals surface area contributed by atoms with Crippen LogP contribution < -0.4 is 5.32 Å². The topological polar surface area (TPSA) is 113 Å². The number of nitro groups is 1. The smallest absolute Gasteiger partial charge is 0.410 e. The van der Waals surface area contributed by atoms with E-state index in [1.54, 1.807) is 25.7 Å². The summed E-state index contributed by atoms with van der Waals surface area (Å²) < 4.78 is 5.32. The predicted molar refractivity (Wildman–Crippen MR) is 73.8 cm³/mol. The lowest BCUT2D eigenvalue weighted by atomic mass is 10.1. The molecule has 1 atom stereocenters. The Morgan fingerprint density at radius 1 is 1.57 bits per heavy atom. The largest absolute Gasteiger partial charge is 0.444 e. The maximum Gasteiger partial charge on any atom is 0.410 e. The summed E-state index contributed by atoms with van der Waals surface area (Å²) in [4.78, 5) is 24.0. The second kappa shape index (κ2) is 5.68. The monoisotopic (exact) mass is 297 g/mol. The van der Waals surface area contributed by atoms with Crippen molar-refractivity contribution in [2.75, 3.05) is 19.6 Å². The number of nitrogens with zero attached hydrogens (tertiary/aromatic N) is 3. The van der Waals surface area contributed by atoms with Crippen LogP contribution in [0.1, 0.15) is 32.4 Å². The van der Waals surface area contributed by atoms with E-state index >= 15 is 0 Å². The molecule has 0 saturated carbocycles. The van der Waals surface area contributed by atoms with Gasteiger partial charge in [0.1, 0.15) is 5.60 Å². The third-order valence-electron chi connectivity index (χ3n) is 3.03. The van der Waals surface area contributed by atoms with E-state index in [1.807, 2.05) is 0 Å². The van der Waals surface area contributed by atoms with Gasteiger partial charge in [0.25, 0.3) is 0 Å². The molecule has 0 aliphatic carbocycles. The van der Waals surface area contributed by atoms with Crippen LogP contribution in [0.5, 0.6) is 0 Å². The van der Waals surface area contributed by atoms with Crippen molar-refractivity contribution in [2.45, 2.75) is 32.4 Å². The maximum atomic E-state index is 12.1. The molecule has 0 spiro atoms.